The van der Waals surface area contributed by atoms with Crippen LogP contribution in [0.15, 0.2) is 171 Å². The molecule has 3 nitrogen and oxygen atoms in total. The minimum absolute atomic E-state index is 0.861. The molecule has 0 saturated heterocycles. The maximum absolute atomic E-state index is 6.66. The third-order valence-electron chi connectivity index (χ3n) is 11.5. The summed E-state index contributed by atoms with van der Waals surface area (Å²) in [7, 11) is 0. The Morgan fingerprint density at radius 1 is 0.278 bits per heavy atom. The van der Waals surface area contributed by atoms with Crippen LogP contribution in [0.1, 0.15) is 0 Å². The van der Waals surface area contributed by atoms with Crippen molar-refractivity contribution in [2.45, 2.75) is 0 Å². The zero-order valence-corrected chi connectivity index (χ0v) is 29.5. The Balaban J connectivity index is 1.05. The third-order valence-corrected chi connectivity index (χ3v) is 12.6. The highest BCUT2D eigenvalue weighted by Gasteiger charge is 2.21. The zero-order valence-electron chi connectivity index (χ0n) is 28.6. The van der Waals surface area contributed by atoms with Crippen LogP contribution in [0.2, 0.25) is 0 Å². The molecule has 4 aromatic heterocycles. The monoisotopic (exact) mass is 706 g/mol. The smallest absolute Gasteiger partial charge is 0.136 e. The molecule has 54 heavy (non-hydrogen) atoms. The summed E-state index contributed by atoms with van der Waals surface area (Å²) in [5.74, 6) is 0. The van der Waals surface area contributed by atoms with Gasteiger partial charge in [-0.3, -0.25) is 0 Å². The van der Waals surface area contributed by atoms with E-state index in [4.69, 9.17) is 13.3 Å². The van der Waals surface area contributed by atoms with Crippen molar-refractivity contribution >= 4 is 119 Å². The fourth-order valence-corrected chi connectivity index (χ4v) is 10.3. The van der Waals surface area contributed by atoms with Gasteiger partial charge < -0.3 is 13.3 Å². The number of thiophene rings is 1. The molecule has 0 saturated carbocycles. The molecule has 0 aliphatic carbocycles. The number of rotatable bonds is 2. The van der Waals surface area contributed by atoms with Gasteiger partial charge in [-0.2, -0.15) is 0 Å². The van der Waals surface area contributed by atoms with Gasteiger partial charge in [0, 0.05) is 52.5 Å². The van der Waals surface area contributed by atoms with Gasteiger partial charge >= 0.3 is 0 Å². The Kier molecular flexibility index (Phi) is 5.51. The number of benzene rings is 9. The van der Waals surface area contributed by atoms with Crippen molar-refractivity contribution in [3.05, 3.63) is 158 Å². The molecule has 0 aliphatic heterocycles. The van der Waals surface area contributed by atoms with Gasteiger partial charge in [0.25, 0.3) is 0 Å². The summed E-state index contributed by atoms with van der Waals surface area (Å²) in [6.07, 6.45) is 0. The molecule has 0 radical (unpaired) electrons. The van der Waals surface area contributed by atoms with Gasteiger partial charge in [-0.1, -0.05) is 97.1 Å². The minimum Gasteiger partial charge on any atom is -0.456 e. The predicted octanol–water partition coefficient (Wildman–Crippen LogP) is 15.4. The lowest BCUT2D eigenvalue weighted by atomic mass is 9.85. The van der Waals surface area contributed by atoms with Crippen LogP contribution >= 0.6 is 11.3 Å². The van der Waals surface area contributed by atoms with E-state index in [9.17, 15) is 0 Å². The highest BCUT2D eigenvalue weighted by atomic mass is 32.1. The van der Waals surface area contributed by atoms with Crippen LogP contribution in [0.3, 0.4) is 0 Å². The van der Waals surface area contributed by atoms with E-state index in [0.717, 1.165) is 71.6 Å². The fraction of sp³-hybridized carbons (Fsp3) is 0. The van der Waals surface area contributed by atoms with Crippen molar-refractivity contribution in [1.29, 1.82) is 0 Å². The average Bonchev–Trinajstić information content (AvgIpc) is 3.98. The summed E-state index contributed by atoms with van der Waals surface area (Å²) in [4.78, 5) is 0. The van der Waals surface area contributed by atoms with E-state index >= 15 is 0 Å². The van der Waals surface area contributed by atoms with Crippen LogP contribution in [0, 0.1) is 0 Å². The Hall–Kier alpha value is -6.88. The van der Waals surface area contributed by atoms with Crippen LogP contribution in [0.25, 0.3) is 130 Å². The van der Waals surface area contributed by atoms with Gasteiger partial charge in [-0.15, -0.1) is 11.3 Å². The van der Waals surface area contributed by atoms with E-state index in [1.165, 1.54) is 58.2 Å². The average molecular weight is 707 g/mol. The molecule has 0 atom stereocenters. The SMILES string of the molecule is c1ccc2c(c1)oc1ccc3oc4cc(-c5c6ccccc6c(-c6ccc7c(c6)oc6ccc8sc9ccccc9c8c67)c6ccccc56)ccc4c3c12. The largest absolute Gasteiger partial charge is 0.456 e. The number of para-hydroxylation sites is 1. The van der Waals surface area contributed by atoms with Gasteiger partial charge in [0.05, 0.1) is 0 Å². The van der Waals surface area contributed by atoms with E-state index in [2.05, 4.69) is 133 Å². The Bertz CT molecular complexity index is 3440. The van der Waals surface area contributed by atoms with Crippen molar-refractivity contribution in [3.8, 4) is 22.3 Å². The van der Waals surface area contributed by atoms with E-state index in [1.54, 1.807) is 0 Å². The summed E-state index contributed by atoms with van der Waals surface area (Å²) in [5, 5.41) is 14.1. The molecule has 250 valence electrons. The van der Waals surface area contributed by atoms with E-state index in [0.29, 0.717) is 0 Å². The standard InChI is InChI=1S/C50H26O3S/c1-3-11-31-29(9-1)45(27-17-19-34-41(25-27)52-39-22-21-38-47(48(34)39)33-13-5-7-15-37(33)51-38)30-10-2-4-12-32(30)46(31)28-18-20-35-42(26-28)53-40-23-24-44-50(49(35)40)36-14-6-8-16-43(36)54-44/h1-26H. The number of hydrogen-bond acceptors (Lipinski definition) is 4. The number of hydrogen-bond donors (Lipinski definition) is 0. The van der Waals surface area contributed by atoms with E-state index < -0.39 is 0 Å². The van der Waals surface area contributed by atoms with Crippen molar-refractivity contribution in [3.63, 3.8) is 0 Å². The van der Waals surface area contributed by atoms with E-state index in [1.807, 2.05) is 35.6 Å². The predicted molar refractivity (Wildman–Crippen MR) is 227 cm³/mol. The molecule has 0 aliphatic rings. The van der Waals surface area contributed by atoms with E-state index in [-0.39, 0.29) is 0 Å². The fourth-order valence-electron chi connectivity index (χ4n) is 9.22. The van der Waals surface area contributed by atoms with Crippen LogP contribution in [0.5, 0.6) is 0 Å². The zero-order chi connectivity index (χ0) is 35.1. The lowest BCUT2D eigenvalue weighted by Crippen LogP contribution is -1.90. The molecule has 0 N–H and O–H groups in total. The van der Waals surface area contributed by atoms with Gasteiger partial charge in [0.1, 0.15) is 33.5 Å². The Morgan fingerprint density at radius 2 is 0.704 bits per heavy atom. The number of fused-ring (bicyclic) bond motifs is 16. The first-order valence-electron chi connectivity index (χ1n) is 18.2. The summed E-state index contributed by atoms with van der Waals surface area (Å²) < 4.78 is 22.1. The van der Waals surface area contributed by atoms with Crippen LogP contribution in [-0.4, -0.2) is 0 Å². The quantitative estimate of drug-likeness (QED) is 0.168. The maximum atomic E-state index is 6.66. The van der Waals surface area contributed by atoms with Gasteiger partial charge in [-0.25, -0.2) is 0 Å². The lowest BCUT2D eigenvalue weighted by Gasteiger charge is -2.17. The lowest BCUT2D eigenvalue weighted by molar-refractivity contribution is 0.663. The summed E-state index contributed by atoms with van der Waals surface area (Å²) >= 11 is 1.84. The number of furan rings is 3. The van der Waals surface area contributed by atoms with Crippen molar-refractivity contribution in [1.82, 2.24) is 0 Å². The van der Waals surface area contributed by atoms with Crippen molar-refractivity contribution in [2.24, 2.45) is 0 Å². The van der Waals surface area contributed by atoms with Crippen molar-refractivity contribution in [2.75, 3.05) is 0 Å². The molecule has 0 unspecified atom stereocenters. The molecule has 0 spiro atoms. The van der Waals surface area contributed by atoms with Crippen LogP contribution < -0.4 is 0 Å². The molecule has 13 rings (SSSR count). The topological polar surface area (TPSA) is 39.4 Å². The van der Waals surface area contributed by atoms with Crippen molar-refractivity contribution < 1.29 is 13.3 Å². The molecule has 0 amide bonds. The highest BCUT2D eigenvalue weighted by molar-refractivity contribution is 7.26. The first-order valence-corrected chi connectivity index (χ1v) is 19.1. The second-order valence-electron chi connectivity index (χ2n) is 14.3. The second kappa shape index (κ2) is 10.4. The minimum atomic E-state index is 0.861. The molecule has 4 heterocycles. The van der Waals surface area contributed by atoms with Crippen LogP contribution in [0.4, 0.5) is 0 Å². The molecule has 0 fully saturated rings. The van der Waals surface area contributed by atoms with Crippen LogP contribution in [-0.2, 0) is 0 Å². The van der Waals surface area contributed by atoms with Gasteiger partial charge in [-0.05, 0) is 104 Å². The second-order valence-corrected chi connectivity index (χ2v) is 15.4. The highest BCUT2D eigenvalue weighted by Crippen LogP contribution is 2.48. The van der Waals surface area contributed by atoms with Gasteiger partial charge in [0.2, 0.25) is 0 Å². The molecule has 13 aromatic rings. The maximum Gasteiger partial charge on any atom is 0.136 e. The Morgan fingerprint density at radius 3 is 1.28 bits per heavy atom. The molecular weight excluding hydrogens is 681 g/mol. The first-order chi connectivity index (χ1) is 26.8. The summed E-state index contributed by atoms with van der Waals surface area (Å²) in [6, 6.07) is 56.4. The third kappa shape index (κ3) is 3.75. The molecular formula is C50H26O3S. The molecule has 4 heteroatoms. The summed E-state index contributed by atoms with van der Waals surface area (Å²) in [5.41, 5.74) is 9.96. The Labute approximate surface area is 310 Å². The molecule has 0 bridgehead atoms. The normalized spacial score (nSPS) is 12.4. The molecule has 9 aromatic carbocycles. The first kappa shape index (κ1) is 28.7. The van der Waals surface area contributed by atoms with Gasteiger partial charge in [0.15, 0.2) is 0 Å². The summed E-state index contributed by atoms with van der Waals surface area (Å²) in [6.45, 7) is 0.